The second-order valence-corrected chi connectivity index (χ2v) is 11.4. The summed E-state index contributed by atoms with van der Waals surface area (Å²) < 4.78 is 12.8. The molecule has 0 fully saturated rings. The summed E-state index contributed by atoms with van der Waals surface area (Å²) in [6.45, 7) is 9.93. The van der Waals surface area contributed by atoms with Crippen LogP contribution in [0.5, 0.6) is 11.5 Å². The number of aliphatic hydroxyl groups excluding tert-OH is 2. The Bertz CT molecular complexity index is 904. The highest BCUT2D eigenvalue weighted by atomic mass is 16.5. The lowest BCUT2D eigenvalue weighted by molar-refractivity contribution is 0.281. The van der Waals surface area contributed by atoms with E-state index in [1.165, 1.54) is 75.3 Å². The van der Waals surface area contributed by atoms with E-state index >= 15 is 0 Å². The number of hydrogen-bond acceptors (Lipinski definition) is 4. The van der Waals surface area contributed by atoms with Crippen molar-refractivity contribution in [1.82, 2.24) is 0 Å². The lowest BCUT2D eigenvalue weighted by Gasteiger charge is -2.18. The average molecular weight is 579 g/mol. The number of rotatable bonds is 27. The molecule has 0 amide bonds. The third kappa shape index (κ3) is 15.1. The maximum atomic E-state index is 8.91. The second-order valence-electron chi connectivity index (χ2n) is 11.4. The van der Waals surface area contributed by atoms with Gasteiger partial charge >= 0.3 is 0 Å². The zero-order valence-electron chi connectivity index (χ0n) is 26.3. The highest BCUT2D eigenvalue weighted by Gasteiger charge is 2.14. The maximum Gasteiger partial charge on any atom is 0.127 e. The van der Waals surface area contributed by atoms with Gasteiger partial charge in [0.05, 0.1) is 13.2 Å². The van der Waals surface area contributed by atoms with Crippen LogP contribution in [0.2, 0.25) is 0 Å². The van der Waals surface area contributed by atoms with Crippen LogP contribution in [0.15, 0.2) is 61.7 Å². The molecule has 0 heterocycles. The number of ether oxygens (including phenoxy) is 2. The number of unbranched alkanes of at least 4 members (excludes halogenated alkanes) is 14. The first-order valence-electron chi connectivity index (χ1n) is 16.7. The van der Waals surface area contributed by atoms with Crippen LogP contribution in [0.3, 0.4) is 0 Å². The van der Waals surface area contributed by atoms with Gasteiger partial charge < -0.3 is 19.7 Å². The molecule has 2 rings (SSSR count). The van der Waals surface area contributed by atoms with Crippen LogP contribution in [-0.4, -0.2) is 36.6 Å². The van der Waals surface area contributed by atoms with Crippen molar-refractivity contribution in [3.8, 4) is 22.6 Å². The molecule has 0 saturated heterocycles. The van der Waals surface area contributed by atoms with Crippen molar-refractivity contribution < 1.29 is 19.7 Å². The highest BCUT2D eigenvalue weighted by molar-refractivity contribution is 5.77. The van der Waals surface area contributed by atoms with Gasteiger partial charge in [0.2, 0.25) is 0 Å². The maximum absolute atomic E-state index is 8.91. The van der Waals surface area contributed by atoms with Gasteiger partial charge in [-0.3, -0.25) is 0 Å². The van der Waals surface area contributed by atoms with Crippen LogP contribution in [-0.2, 0) is 12.8 Å². The predicted molar refractivity (Wildman–Crippen MR) is 179 cm³/mol. The van der Waals surface area contributed by atoms with Gasteiger partial charge in [-0.15, -0.1) is 13.2 Å². The smallest absolute Gasteiger partial charge is 0.127 e. The molecule has 0 unspecified atom stereocenters. The molecular formula is C38H58O4. The van der Waals surface area contributed by atoms with E-state index in [9.17, 15) is 0 Å². The Morgan fingerprint density at radius 3 is 1.14 bits per heavy atom. The van der Waals surface area contributed by atoms with Gasteiger partial charge in [-0.05, 0) is 73.9 Å². The van der Waals surface area contributed by atoms with E-state index in [-0.39, 0.29) is 0 Å². The standard InChI is InChI=1S/C38H58O4/c1-3-21-33-23-25-37(41-29-19-15-11-7-5-9-13-17-27-39)35(31-33)36-32-34(22-4-2)24-26-38(36)42-30-20-16-12-8-6-10-14-18-28-40/h3-4,23-26,31-32,39-40H,1-2,5-22,27-30H2. The molecule has 234 valence electrons. The molecule has 0 atom stereocenters. The van der Waals surface area contributed by atoms with E-state index < -0.39 is 0 Å². The Morgan fingerprint density at radius 2 is 0.810 bits per heavy atom. The minimum absolute atomic E-state index is 0.313. The van der Waals surface area contributed by atoms with Crippen LogP contribution in [0.25, 0.3) is 11.1 Å². The van der Waals surface area contributed by atoms with Gasteiger partial charge in [-0.2, -0.15) is 0 Å². The third-order valence-corrected chi connectivity index (χ3v) is 7.76. The Labute approximate surface area is 256 Å². The molecule has 0 bridgehead atoms. The second kappa shape index (κ2) is 23.9. The van der Waals surface area contributed by atoms with Crippen molar-refractivity contribution in [3.63, 3.8) is 0 Å². The van der Waals surface area contributed by atoms with Gasteiger partial charge in [0.15, 0.2) is 0 Å². The Balaban J connectivity index is 2.00. The number of aliphatic hydroxyl groups is 2. The molecule has 0 radical (unpaired) electrons. The first kappa shape index (κ1) is 35.6. The Kier molecular flexibility index (Phi) is 20.3. The summed E-state index contributed by atoms with van der Waals surface area (Å²) in [5.41, 5.74) is 4.60. The van der Waals surface area contributed by atoms with Crippen LogP contribution in [0, 0.1) is 0 Å². The quantitative estimate of drug-likeness (QED) is 0.0818. The van der Waals surface area contributed by atoms with Crippen molar-refractivity contribution in [2.24, 2.45) is 0 Å². The van der Waals surface area contributed by atoms with Crippen LogP contribution in [0.1, 0.15) is 114 Å². The molecule has 2 N–H and O–H groups in total. The van der Waals surface area contributed by atoms with Gasteiger partial charge in [0.1, 0.15) is 11.5 Å². The summed E-state index contributed by atoms with van der Waals surface area (Å²) in [5, 5.41) is 17.8. The molecule has 42 heavy (non-hydrogen) atoms. The van der Waals surface area contributed by atoms with Crippen molar-refractivity contribution in [2.45, 2.75) is 116 Å². The van der Waals surface area contributed by atoms with Gasteiger partial charge in [-0.1, -0.05) is 101 Å². The first-order valence-corrected chi connectivity index (χ1v) is 16.7. The van der Waals surface area contributed by atoms with E-state index in [2.05, 4.69) is 49.6 Å². The largest absolute Gasteiger partial charge is 0.493 e. The normalized spacial score (nSPS) is 11.0. The Morgan fingerprint density at radius 1 is 0.476 bits per heavy atom. The fourth-order valence-electron chi connectivity index (χ4n) is 5.33. The summed E-state index contributed by atoms with van der Waals surface area (Å²) in [6.07, 6.45) is 24.0. The molecule has 0 saturated carbocycles. The van der Waals surface area contributed by atoms with Crippen molar-refractivity contribution in [1.29, 1.82) is 0 Å². The molecule has 0 spiro atoms. The topological polar surface area (TPSA) is 58.9 Å². The molecular weight excluding hydrogens is 520 g/mol. The van der Waals surface area contributed by atoms with Crippen molar-refractivity contribution in [3.05, 3.63) is 72.8 Å². The molecule has 2 aromatic rings. The van der Waals surface area contributed by atoms with E-state index in [4.69, 9.17) is 19.7 Å². The average Bonchev–Trinajstić information content (AvgIpc) is 3.00. The van der Waals surface area contributed by atoms with Crippen molar-refractivity contribution >= 4 is 0 Å². The molecule has 0 aliphatic carbocycles. The lowest BCUT2D eigenvalue weighted by Crippen LogP contribution is -2.03. The molecule has 0 aromatic heterocycles. The number of benzene rings is 2. The highest BCUT2D eigenvalue weighted by Crippen LogP contribution is 2.38. The minimum atomic E-state index is 0.313. The van der Waals surface area contributed by atoms with E-state index in [1.807, 2.05) is 12.2 Å². The Hall–Kier alpha value is -2.56. The first-order chi connectivity index (χ1) is 20.7. The summed E-state index contributed by atoms with van der Waals surface area (Å²) in [4.78, 5) is 0. The summed E-state index contributed by atoms with van der Waals surface area (Å²) in [7, 11) is 0. The van der Waals surface area contributed by atoms with Crippen LogP contribution >= 0.6 is 0 Å². The van der Waals surface area contributed by atoms with Gasteiger partial charge in [-0.25, -0.2) is 0 Å². The zero-order valence-corrected chi connectivity index (χ0v) is 26.3. The molecule has 2 aromatic carbocycles. The lowest BCUT2D eigenvalue weighted by atomic mass is 9.97. The SMILES string of the molecule is C=CCc1ccc(OCCCCCCCCCCO)c(-c2cc(CC=C)ccc2OCCCCCCCCCCO)c1. The monoisotopic (exact) mass is 578 g/mol. The fourth-order valence-corrected chi connectivity index (χ4v) is 5.33. The van der Waals surface area contributed by atoms with Crippen LogP contribution < -0.4 is 9.47 Å². The van der Waals surface area contributed by atoms with Gasteiger partial charge in [0.25, 0.3) is 0 Å². The van der Waals surface area contributed by atoms with Crippen molar-refractivity contribution in [2.75, 3.05) is 26.4 Å². The van der Waals surface area contributed by atoms with Gasteiger partial charge in [0, 0.05) is 24.3 Å². The van der Waals surface area contributed by atoms with E-state index in [0.717, 1.165) is 74.0 Å². The summed E-state index contributed by atoms with van der Waals surface area (Å²) >= 11 is 0. The molecule has 0 aliphatic heterocycles. The minimum Gasteiger partial charge on any atom is -0.493 e. The predicted octanol–water partition coefficient (Wildman–Crippen LogP) is 9.79. The molecule has 4 heteroatoms. The summed E-state index contributed by atoms with van der Waals surface area (Å²) in [5.74, 6) is 1.82. The number of allylic oxidation sites excluding steroid dienone is 2. The van der Waals surface area contributed by atoms with Crippen LogP contribution in [0.4, 0.5) is 0 Å². The third-order valence-electron chi connectivity index (χ3n) is 7.76. The zero-order chi connectivity index (χ0) is 30.1. The van der Waals surface area contributed by atoms with E-state index in [1.54, 1.807) is 0 Å². The van der Waals surface area contributed by atoms with E-state index in [0.29, 0.717) is 26.4 Å². The number of hydrogen-bond donors (Lipinski definition) is 2. The summed E-state index contributed by atoms with van der Waals surface area (Å²) in [6, 6.07) is 13.0. The fraction of sp³-hybridized carbons (Fsp3) is 0.579. The molecule has 0 aliphatic rings. The molecule has 4 nitrogen and oxygen atoms in total.